The Balaban J connectivity index is -0.000000238. The molecule has 0 aromatic heterocycles. The molecule has 0 atom stereocenters. The molecule has 4 heteroatoms. The van der Waals surface area contributed by atoms with Gasteiger partial charge in [0, 0.05) is 0 Å². The summed E-state index contributed by atoms with van der Waals surface area (Å²) < 4.78 is 0.524. The fraction of sp³-hybridized carbons (Fsp3) is 0.733. The summed E-state index contributed by atoms with van der Waals surface area (Å²) in [6, 6.07) is 0. The van der Waals surface area contributed by atoms with Crippen LogP contribution in [-0.2, 0) is 24.4 Å². The Hall–Kier alpha value is 0.230. The maximum Gasteiger partial charge on any atom is -0.0809 e. The van der Waals surface area contributed by atoms with Gasteiger partial charge >= 0.3 is 78.0 Å². The van der Waals surface area contributed by atoms with Gasteiger partial charge in [0.05, 0.1) is 0 Å². The van der Waals surface area contributed by atoms with E-state index in [2.05, 4.69) is 31.2 Å². The first-order valence-electron chi connectivity index (χ1n) is 6.88. The van der Waals surface area contributed by atoms with E-state index in [0.29, 0.717) is 3.17 Å². The number of hydrogen-bond donors (Lipinski definition) is 0. The summed E-state index contributed by atoms with van der Waals surface area (Å²) >= 11 is 1.27. The molecule has 0 bridgehead atoms. The smallest absolute Gasteiger partial charge is 0.0809 e. The van der Waals surface area contributed by atoms with Gasteiger partial charge in [0.15, 0.2) is 0 Å². The van der Waals surface area contributed by atoms with Gasteiger partial charge in [-0.2, -0.15) is 0 Å². The average Bonchev–Trinajstić information content (AvgIpc) is 2.77. The van der Waals surface area contributed by atoms with E-state index >= 15 is 0 Å². The minimum atomic E-state index is 0. The quantitative estimate of drug-likeness (QED) is 0.625. The first-order valence-corrected chi connectivity index (χ1v) is 8.67. The van der Waals surface area contributed by atoms with Gasteiger partial charge in [-0.05, 0) is 0 Å². The number of unbranched alkanes of at least 4 members (excludes halogenated alkanes) is 1. The van der Waals surface area contributed by atoms with Gasteiger partial charge in [-0.25, -0.2) is 0 Å². The van der Waals surface area contributed by atoms with Gasteiger partial charge in [-0.1, -0.05) is 20.8 Å². The molecule has 110 valence electrons. The summed E-state index contributed by atoms with van der Waals surface area (Å²) in [6.07, 6.45) is 13.1. The molecular formula is C15H28HfO3. The van der Waals surface area contributed by atoms with Crippen LogP contribution in [0.5, 0.6) is 0 Å². The Labute approximate surface area is 134 Å². The minimum absolute atomic E-state index is 0. The molecule has 0 aliphatic heterocycles. The van der Waals surface area contributed by atoms with E-state index in [1.54, 1.807) is 20.8 Å². The van der Waals surface area contributed by atoms with Crippen LogP contribution in [0.15, 0.2) is 24.3 Å². The van der Waals surface area contributed by atoms with Crippen molar-refractivity contribution in [1.82, 2.24) is 0 Å². The Morgan fingerprint density at radius 3 is 1.42 bits per heavy atom. The van der Waals surface area contributed by atoms with E-state index in [9.17, 15) is 0 Å². The van der Waals surface area contributed by atoms with Crippen molar-refractivity contribution in [2.75, 3.05) is 19.8 Å². The largest absolute Gasteiger partial charge is 0.855 e. The predicted octanol–water partition coefficient (Wildman–Crippen LogP) is 1.11. The maximum atomic E-state index is 8.93. The van der Waals surface area contributed by atoms with E-state index in [1.165, 1.54) is 43.6 Å². The third kappa shape index (κ3) is 23.7. The van der Waals surface area contributed by atoms with Gasteiger partial charge in [0.1, 0.15) is 0 Å². The Morgan fingerprint density at radius 1 is 0.842 bits per heavy atom. The van der Waals surface area contributed by atoms with Crippen molar-refractivity contribution in [2.24, 2.45) is 0 Å². The van der Waals surface area contributed by atoms with Gasteiger partial charge in [-0.15, -0.1) is 19.8 Å². The summed E-state index contributed by atoms with van der Waals surface area (Å²) in [4.78, 5) is 0. The van der Waals surface area contributed by atoms with E-state index < -0.39 is 0 Å². The van der Waals surface area contributed by atoms with Gasteiger partial charge in [0.2, 0.25) is 0 Å². The van der Waals surface area contributed by atoms with Crippen molar-refractivity contribution in [3.05, 3.63) is 24.3 Å². The van der Waals surface area contributed by atoms with Crippen LogP contribution < -0.4 is 15.3 Å². The molecule has 0 spiro atoms. The van der Waals surface area contributed by atoms with Gasteiger partial charge in [-0.3, -0.25) is 0 Å². The molecule has 0 N–H and O–H groups in total. The summed E-state index contributed by atoms with van der Waals surface area (Å²) in [5, 5.41) is 26.8. The fourth-order valence-electron chi connectivity index (χ4n) is 1.15. The predicted molar refractivity (Wildman–Crippen MR) is 72.1 cm³/mol. The van der Waals surface area contributed by atoms with Crippen molar-refractivity contribution in [1.29, 1.82) is 0 Å². The Morgan fingerprint density at radius 2 is 1.16 bits per heavy atom. The minimum Gasteiger partial charge on any atom is -0.855 e. The molecule has 0 amide bonds. The molecule has 0 saturated heterocycles. The topological polar surface area (TPSA) is 69.2 Å². The summed E-state index contributed by atoms with van der Waals surface area (Å²) in [5.41, 5.74) is 0. The third-order valence-electron chi connectivity index (χ3n) is 1.84. The molecule has 1 aliphatic rings. The van der Waals surface area contributed by atoms with E-state index in [1.807, 2.05) is 0 Å². The van der Waals surface area contributed by atoms with Crippen molar-refractivity contribution < 1.29 is 39.7 Å². The maximum absolute atomic E-state index is 8.93. The molecule has 0 heterocycles. The van der Waals surface area contributed by atoms with Crippen LogP contribution in [0.1, 0.15) is 47.0 Å². The number of hydrogen-bond acceptors (Lipinski definition) is 3. The van der Waals surface area contributed by atoms with Crippen LogP contribution in [0, 0.1) is 0 Å². The first-order chi connectivity index (χ1) is 9.01. The van der Waals surface area contributed by atoms with Crippen molar-refractivity contribution in [3.8, 4) is 0 Å². The molecule has 0 fully saturated rings. The molecule has 0 aromatic rings. The summed E-state index contributed by atoms with van der Waals surface area (Å²) in [7, 11) is 0. The molecule has 19 heavy (non-hydrogen) atoms. The van der Waals surface area contributed by atoms with Crippen LogP contribution in [0.4, 0.5) is 0 Å². The van der Waals surface area contributed by atoms with Crippen LogP contribution >= 0.6 is 0 Å². The fourth-order valence-corrected chi connectivity index (χ4v) is 2.47. The standard InChI is InChI=1S/C9H13.3C2H5O.Hf/c1-2-3-6-9-7-4-5-8-9;3*1-2-3;/h4-5,7-8H,2-3,6H2,1H3;3*2H2,1H3;/q;3*-1;+3. The summed E-state index contributed by atoms with van der Waals surface area (Å²) in [6.45, 7) is 6.97. The van der Waals surface area contributed by atoms with Gasteiger partial charge < -0.3 is 15.3 Å². The van der Waals surface area contributed by atoms with E-state index in [-0.39, 0.29) is 19.8 Å². The molecule has 1 aliphatic carbocycles. The second kappa shape index (κ2) is 20.5. The SMILES string of the molecule is CCCC[C]1([Hf+3])C=CC=C1.CC[O-].CC[O-].CC[O-]. The second-order valence-corrected chi connectivity index (χ2v) is 7.07. The number of rotatable bonds is 3. The average molecular weight is 435 g/mol. The molecule has 0 aromatic carbocycles. The van der Waals surface area contributed by atoms with Crippen molar-refractivity contribution in [3.63, 3.8) is 0 Å². The third-order valence-corrected chi connectivity index (χ3v) is 3.94. The molecule has 3 nitrogen and oxygen atoms in total. The van der Waals surface area contributed by atoms with Crippen LogP contribution in [-0.4, -0.2) is 19.8 Å². The Bertz CT molecular complexity index is 187. The molecule has 0 saturated carbocycles. The molecular weight excluding hydrogens is 407 g/mol. The van der Waals surface area contributed by atoms with Crippen molar-refractivity contribution >= 4 is 0 Å². The van der Waals surface area contributed by atoms with E-state index in [4.69, 9.17) is 15.3 Å². The van der Waals surface area contributed by atoms with Crippen LogP contribution in [0.25, 0.3) is 0 Å². The van der Waals surface area contributed by atoms with Crippen LogP contribution in [0.2, 0.25) is 3.17 Å². The van der Waals surface area contributed by atoms with Gasteiger partial charge in [0.25, 0.3) is 0 Å². The monoisotopic (exact) mass is 436 g/mol. The molecule has 0 unspecified atom stereocenters. The zero-order chi connectivity index (χ0) is 15.6. The van der Waals surface area contributed by atoms with Crippen LogP contribution in [0.3, 0.4) is 0 Å². The second-order valence-electron chi connectivity index (χ2n) is 3.73. The summed E-state index contributed by atoms with van der Waals surface area (Å²) in [5.74, 6) is 0. The number of allylic oxidation sites excluding steroid dienone is 4. The van der Waals surface area contributed by atoms with Crippen molar-refractivity contribution in [2.45, 2.75) is 50.1 Å². The molecule has 1 rings (SSSR count). The first kappa shape index (κ1) is 24.3. The zero-order valence-corrected chi connectivity index (χ0v) is 16.4. The zero-order valence-electron chi connectivity index (χ0n) is 12.8. The Kier molecular flexibility index (Phi) is 26.2. The normalized spacial score (nSPS) is 13.5. The van der Waals surface area contributed by atoms with E-state index in [0.717, 1.165) is 0 Å². The molecule has 0 radical (unpaired) electrons.